The summed E-state index contributed by atoms with van der Waals surface area (Å²) in [6.07, 6.45) is 3.93. The third kappa shape index (κ3) is 3.16. The van der Waals surface area contributed by atoms with Crippen molar-refractivity contribution in [2.24, 2.45) is 0 Å². The van der Waals surface area contributed by atoms with Crippen LogP contribution in [0, 0.1) is 0 Å². The number of nitrogens with zero attached hydrogens (tertiary/aromatic N) is 3. The number of carbonyl (C=O) groups excluding carboxylic acids is 1. The Morgan fingerprint density at radius 3 is 2.31 bits per heavy atom. The Hall–Kier alpha value is -3.21. The molecule has 4 rings (SSSR count). The van der Waals surface area contributed by atoms with Gasteiger partial charge in [-0.3, -0.25) is 4.79 Å². The molecular weight excluding hydrogens is 326 g/mol. The number of aromatic nitrogens is 1. The molecule has 1 saturated heterocycles. The number of phenolic OH excluding ortho intramolecular Hbond substituents is 1. The molecule has 0 aliphatic carbocycles. The fourth-order valence-electron chi connectivity index (χ4n) is 3.37. The first-order valence-corrected chi connectivity index (χ1v) is 8.78. The van der Waals surface area contributed by atoms with Crippen molar-refractivity contribution in [2.75, 3.05) is 31.1 Å². The second-order valence-corrected chi connectivity index (χ2v) is 6.41. The van der Waals surface area contributed by atoms with Crippen molar-refractivity contribution in [3.8, 4) is 11.4 Å². The van der Waals surface area contributed by atoms with Gasteiger partial charge in [0.05, 0.1) is 5.69 Å². The SMILES string of the molecule is O=C(c1cccc(-n2cccc2)c1)N1CCN(c2ccccc2O)CC1. The first-order valence-electron chi connectivity index (χ1n) is 8.78. The molecule has 5 nitrogen and oxygen atoms in total. The van der Waals surface area contributed by atoms with Crippen LogP contribution in [0.3, 0.4) is 0 Å². The molecule has 1 amide bonds. The van der Waals surface area contributed by atoms with Crippen LogP contribution < -0.4 is 4.90 Å². The van der Waals surface area contributed by atoms with Crippen LogP contribution >= 0.6 is 0 Å². The van der Waals surface area contributed by atoms with Gasteiger partial charge in [-0.1, -0.05) is 18.2 Å². The van der Waals surface area contributed by atoms with Gasteiger partial charge in [0.2, 0.25) is 0 Å². The predicted molar refractivity (Wildman–Crippen MR) is 102 cm³/mol. The second kappa shape index (κ2) is 6.96. The van der Waals surface area contributed by atoms with Crippen LogP contribution in [-0.4, -0.2) is 46.7 Å². The second-order valence-electron chi connectivity index (χ2n) is 6.41. The number of hydrogen-bond donors (Lipinski definition) is 1. The Balaban J connectivity index is 1.46. The van der Waals surface area contributed by atoms with Gasteiger partial charge in [-0.05, 0) is 42.5 Å². The normalized spacial score (nSPS) is 14.5. The summed E-state index contributed by atoms with van der Waals surface area (Å²) < 4.78 is 1.99. The maximum absolute atomic E-state index is 12.9. The van der Waals surface area contributed by atoms with E-state index < -0.39 is 0 Å². The van der Waals surface area contributed by atoms with Crippen LogP contribution in [0.2, 0.25) is 0 Å². The lowest BCUT2D eigenvalue weighted by Gasteiger charge is -2.36. The van der Waals surface area contributed by atoms with Crippen LogP contribution in [0.25, 0.3) is 5.69 Å². The molecule has 1 N–H and O–H groups in total. The van der Waals surface area contributed by atoms with Gasteiger partial charge in [0.1, 0.15) is 5.75 Å². The first kappa shape index (κ1) is 16.3. The summed E-state index contributed by atoms with van der Waals surface area (Å²) in [4.78, 5) is 16.9. The molecule has 0 saturated carbocycles. The van der Waals surface area contributed by atoms with E-state index in [2.05, 4.69) is 4.90 Å². The van der Waals surface area contributed by atoms with Gasteiger partial charge >= 0.3 is 0 Å². The molecule has 1 aliphatic rings. The zero-order valence-electron chi connectivity index (χ0n) is 14.5. The highest BCUT2D eigenvalue weighted by Crippen LogP contribution is 2.27. The molecule has 1 aromatic heterocycles. The number of benzene rings is 2. The van der Waals surface area contributed by atoms with E-state index in [1.165, 1.54) is 0 Å². The summed E-state index contributed by atoms with van der Waals surface area (Å²) in [6.45, 7) is 2.70. The lowest BCUT2D eigenvalue weighted by atomic mass is 10.1. The number of aromatic hydroxyl groups is 1. The van der Waals surface area contributed by atoms with Gasteiger partial charge in [0.15, 0.2) is 0 Å². The van der Waals surface area contributed by atoms with Gasteiger partial charge in [-0.15, -0.1) is 0 Å². The fraction of sp³-hybridized carbons (Fsp3) is 0.190. The number of carbonyl (C=O) groups is 1. The summed E-state index contributed by atoms with van der Waals surface area (Å²) in [5.41, 5.74) is 2.51. The third-order valence-electron chi connectivity index (χ3n) is 4.78. The molecular formula is C21H21N3O2. The van der Waals surface area contributed by atoms with Gasteiger partial charge < -0.3 is 19.5 Å². The highest BCUT2D eigenvalue weighted by molar-refractivity contribution is 5.95. The van der Waals surface area contributed by atoms with Crippen molar-refractivity contribution in [3.05, 3.63) is 78.6 Å². The summed E-state index contributed by atoms with van der Waals surface area (Å²) in [5.74, 6) is 0.336. The number of phenols is 1. The van der Waals surface area contributed by atoms with Gasteiger partial charge in [0, 0.05) is 49.8 Å². The molecule has 0 radical (unpaired) electrons. The maximum atomic E-state index is 12.9. The number of para-hydroxylation sites is 2. The molecule has 132 valence electrons. The number of piperazine rings is 1. The molecule has 1 aliphatic heterocycles. The molecule has 3 aromatic rings. The molecule has 26 heavy (non-hydrogen) atoms. The minimum absolute atomic E-state index is 0.0518. The Morgan fingerprint density at radius 1 is 0.846 bits per heavy atom. The van der Waals surface area contributed by atoms with Gasteiger partial charge in [0.25, 0.3) is 5.91 Å². The molecule has 1 fully saturated rings. The van der Waals surface area contributed by atoms with E-state index >= 15 is 0 Å². The van der Waals surface area contributed by atoms with E-state index in [0.717, 1.165) is 11.4 Å². The van der Waals surface area contributed by atoms with Gasteiger partial charge in [-0.25, -0.2) is 0 Å². The molecule has 0 atom stereocenters. The van der Waals surface area contributed by atoms with Crippen molar-refractivity contribution < 1.29 is 9.90 Å². The van der Waals surface area contributed by atoms with Crippen LogP contribution in [0.4, 0.5) is 5.69 Å². The lowest BCUT2D eigenvalue weighted by molar-refractivity contribution is 0.0746. The summed E-state index contributed by atoms with van der Waals surface area (Å²) in [6, 6.07) is 19.0. The van der Waals surface area contributed by atoms with Crippen molar-refractivity contribution in [1.29, 1.82) is 0 Å². The van der Waals surface area contributed by atoms with Crippen LogP contribution in [-0.2, 0) is 0 Å². The quantitative estimate of drug-likeness (QED) is 0.792. The lowest BCUT2D eigenvalue weighted by Crippen LogP contribution is -2.48. The summed E-state index contributed by atoms with van der Waals surface area (Å²) in [7, 11) is 0. The number of rotatable bonds is 3. The van der Waals surface area contributed by atoms with Crippen molar-refractivity contribution in [3.63, 3.8) is 0 Å². The van der Waals surface area contributed by atoms with Crippen molar-refractivity contribution >= 4 is 11.6 Å². The largest absolute Gasteiger partial charge is 0.506 e. The van der Waals surface area contributed by atoms with Crippen LogP contribution in [0.1, 0.15) is 10.4 Å². The van der Waals surface area contributed by atoms with E-state index in [1.54, 1.807) is 6.07 Å². The Morgan fingerprint density at radius 2 is 1.58 bits per heavy atom. The number of amides is 1. The van der Waals surface area contributed by atoms with Gasteiger partial charge in [-0.2, -0.15) is 0 Å². The van der Waals surface area contributed by atoms with E-state index in [-0.39, 0.29) is 11.7 Å². The minimum Gasteiger partial charge on any atom is -0.506 e. The Labute approximate surface area is 152 Å². The topological polar surface area (TPSA) is 48.7 Å². The van der Waals surface area contributed by atoms with Crippen LogP contribution in [0.5, 0.6) is 5.75 Å². The molecule has 0 spiro atoms. The van der Waals surface area contributed by atoms with Crippen LogP contribution in [0.15, 0.2) is 73.1 Å². The molecule has 2 aromatic carbocycles. The van der Waals surface area contributed by atoms with Crippen molar-refractivity contribution in [1.82, 2.24) is 9.47 Å². The molecule has 0 unspecified atom stereocenters. The Kier molecular flexibility index (Phi) is 4.35. The Bertz CT molecular complexity index is 897. The highest BCUT2D eigenvalue weighted by atomic mass is 16.3. The standard InChI is InChI=1S/C21H21N3O2/c25-20-9-2-1-8-19(20)23-12-14-24(15-13-23)21(26)17-6-5-7-18(16-17)22-10-3-4-11-22/h1-11,16,25H,12-15H2. The molecule has 5 heteroatoms. The number of hydrogen-bond acceptors (Lipinski definition) is 3. The highest BCUT2D eigenvalue weighted by Gasteiger charge is 2.23. The van der Waals surface area contributed by atoms with E-state index in [1.807, 2.05) is 76.5 Å². The molecule has 0 bridgehead atoms. The summed E-state index contributed by atoms with van der Waals surface area (Å²) in [5, 5.41) is 10.0. The smallest absolute Gasteiger partial charge is 0.254 e. The first-order chi connectivity index (χ1) is 12.7. The summed E-state index contributed by atoms with van der Waals surface area (Å²) >= 11 is 0. The van der Waals surface area contributed by atoms with Crippen molar-refractivity contribution in [2.45, 2.75) is 0 Å². The monoisotopic (exact) mass is 347 g/mol. The predicted octanol–water partition coefficient (Wildman–Crippen LogP) is 3.15. The third-order valence-corrected chi connectivity index (χ3v) is 4.78. The fourth-order valence-corrected chi connectivity index (χ4v) is 3.37. The number of anilines is 1. The molecule has 2 heterocycles. The zero-order chi connectivity index (χ0) is 17.9. The van der Waals surface area contributed by atoms with E-state index in [4.69, 9.17) is 0 Å². The zero-order valence-corrected chi connectivity index (χ0v) is 14.5. The van der Waals surface area contributed by atoms with E-state index in [9.17, 15) is 9.90 Å². The maximum Gasteiger partial charge on any atom is 0.254 e. The van der Waals surface area contributed by atoms with E-state index in [0.29, 0.717) is 31.7 Å². The average molecular weight is 347 g/mol. The average Bonchev–Trinajstić information content (AvgIpc) is 3.23. The minimum atomic E-state index is 0.0518.